The quantitative estimate of drug-likeness (QED) is 0.940. The lowest BCUT2D eigenvalue weighted by Gasteiger charge is -2.15. The summed E-state index contributed by atoms with van der Waals surface area (Å²) >= 11 is 3.46. The third kappa shape index (κ3) is 2.44. The van der Waals surface area contributed by atoms with Gasteiger partial charge in [-0.2, -0.15) is 0 Å². The molecule has 4 heteroatoms. The normalized spacial score (nSPS) is 12.5. The van der Waals surface area contributed by atoms with Crippen molar-refractivity contribution in [2.45, 2.75) is 19.9 Å². The Morgan fingerprint density at radius 1 is 1.22 bits per heavy atom. The molecular formula is C14H16BrNO2. The van der Waals surface area contributed by atoms with Gasteiger partial charge in [0.25, 0.3) is 0 Å². The highest BCUT2D eigenvalue weighted by molar-refractivity contribution is 9.10. The average Bonchev–Trinajstić information content (AvgIpc) is 2.67. The Balaban J connectivity index is 2.48. The van der Waals surface area contributed by atoms with Gasteiger partial charge >= 0.3 is 0 Å². The molecule has 0 aliphatic carbocycles. The maximum absolute atomic E-state index is 6.31. The molecule has 0 spiro atoms. The number of halogens is 1. The minimum absolute atomic E-state index is 0.255. The molecule has 0 saturated carbocycles. The van der Waals surface area contributed by atoms with Crippen LogP contribution in [0.1, 0.15) is 28.7 Å². The molecule has 1 aromatic heterocycles. The zero-order chi connectivity index (χ0) is 13.3. The number of nitrogens with two attached hydrogens (primary N) is 1. The first-order valence-corrected chi connectivity index (χ1v) is 6.48. The van der Waals surface area contributed by atoms with E-state index >= 15 is 0 Å². The van der Waals surface area contributed by atoms with Crippen molar-refractivity contribution in [1.29, 1.82) is 0 Å². The summed E-state index contributed by atoms with van der Waals surface area (Å²) in [4.78, 5) is 0. The molecule has 2 aromatic rings. The van der Waals surface area contributed by atoms with Crippen molar-refractivity contribution in [2.24, 2.45) is 5.73 Å². The van der Waals surface area contributed by atoms with Crippen molar-refractivity contribution in [3.8, 4) is 5.75 Å². The van der Waals surface area contributed by atoms with Gasteiger partial charge in [-0.05, 0) is 38.1 Å². The van der Waals surface area contributed by atoms with Crippen LogP contribution in [0.3, 0.4) is 0 Å². The van der Waals surface area contributed by atoms with Crippen LogP contribution in [0.25, 0.3) is 0 Å². The predicted molar refractivity (Wildman–Crippen MR) is 74.9 cm³/mol. The molecule has 0 fully saturated rings. The Labute approximate surface area is 115 Å². The molecule has 0 radical (unpaired) electrons. The van der Waals surface area contributed by atoms with E-state index in [2.05, 4.69) is 15.9 Å². The van der Waals surface area contributed by atoms with Gasteiger partial charge in [-0.1, -0.05) is 15.9 Å². The summed E-state index contributed by atoms with van der Waals surface area (Å²) in [6.07, 6.45) is 0. The molecule has 1 aromatic carbocycles. The fourth-order valence-electron chi connectivity index (χ4n) is 2.08. The third-order valence-corrected chi connectivity index (χ3v) is 3.43. The van der Waals surface area contributed by atoms with Crippen LogP contribution in [0.15, 0.2) is 33.2 Å². The largest absolute Gasteiger partial charge is 0.496 e. The zero-order valence-electron chi connectivity index (χ0n) is 10.7. The Morgan fingerprint density at radius 2 is 1.94 bits per heavy atom. The zero-order valence-corrected chi connectivity index (χ0v) is 12.2. The SMILES string of the molecule is COc1ccc(Br)cc1C(N)c1cc(C)oc1C. The van der Waals surface area contributed by atoms with E-state index in [1.54, 1.807) is 7.11 Å². The lowest BCUT2D eigenvalue weighted by Crippen LogP contribution is -2.13. The molecule has 1 unspecified atom stereocenters. The van der Waals surface area contributed by atoms with Crippen molar-refractivity contribution < 1.29 is 9.15 Å². The molecule has 2 N–H and O–H groups in total. The van der Waals surface area contributed by atoms with Crippen molar-refractivity contribution in [3.63, 3.8) is 0 Å². The van der Waals surface area contributed by atoms with Crippen molar-refractivity contribution in [2.75, 3.05) is 7.11 Å². The maximum atomic E-state index is 6.31. The van der Waals surface area contributed by atoms with Crippen LogP contribution in [0, 0.1) is 13.8 Å². The summed E-state index contributed by atoms with van der Waals surface area (Å²) in [7, 11) is 1.65. The number of aryl methyl sites for hydroxylation is 2. The number of hydrogen-bond acceptors (Lipinski definition) is 3. The van der Waals surface area contributed by atoms with Crippen molar-refractivity contribution >= 4 is 15.9 Å². The first-order valence-electron chi connectivity index (χ1n) is 5.69. The predicted octanol–water partition coefficient (Wildman–Crippen LogP) is 3.72. The summed E-state index contributed by atoms with van der Waals surface area (Å²) in [5.74, 6) is 2.50. The Morgan fingerprint density at radius 3 is 2.50 bits per heavy atom. The van der Waals surface area contributed by atoms with Gasteiger partial charge < -0.3 is 14.9 Å². The van der Waals surface area contributed by atoms with E-state index in [-0.39, 0.29) is 6.04 Å². The van der Waals surface area contributed by atoms with Crippen LogP contribution >= 0.6 is 15.9 Å². The number of ether oxygens (including phenoxy) is 1. The second kappa shape index (κ2) is 5.16. The van der Waals surface area contributed by atoms with Gasteiger partial charge in [-0.15, -0.1) is 0 Å². The smallest absolute Gasteiger partial charge is 0.124 e. The molecule has 96 valence electrons. The number of benzene rings is 1. The molecule has 3 nitrogen and oxygen atoms in total. The highest BCUT2D eigenvalue weighted by Gasteiger charge is 2.18. The Bertz CT molecular complexity index is 563. The molecule has 0 bridgehead atoms. The standard InChI is InChI=1S/C14H16BrNO2/c1-8-6-11(9(2)18-8)14(16)12-7-10(15)4-5-13(12)17-3/h4-7,14H,16H2,1-3H3. The second-order valence-corrected chi connectivity index (χ2v) is 5.15. The first kappa shape index (κ1) is 13.2. The molecule has 2 rings (SSSR count). The monoisotopic (exact) mass is 309 g/mol. The average molecular weight is 310 g/mol. The topological polar surface area (TPSA) is 48.4 Å². The van der Waals surface area contributed by atoms with Crippen molar-refractivity contribution in [1.82, 2.24) is 0 Å². The number of furan rings is 1. The summed E-state index contributed by atoms with van der Waals surface area (Å²) in [5.41, 5.74) is 8.25. The molecule has 0 saturated heterocycles. The van der Waals surface area contributed by atoms with E-state index in [0.717, 1.165) is 32.9 Å². The highest BCUT2D eigenvalue weighted by Crippen LogP contribution is 2.33. The Kier molecular flexibility index (Phi) is 3.78. The lowest BCUT2D eigenvalue weighted by atomic mass is 9.99. The molecule has 0 aliphatic rings. The van der Waals surface area contributed by atoms with Crippen LogP contribution in [-0.2, 0) is 0 Å². The van der Waals surface area contributed by atoms with Gasteiger partial charge in [0.1, 0.15) is 17.3 Å². The van der Waals surface area contributed by atoms with Gasteiger partial charge in [0.2, 0.25) is 0 Å². The summed E-state index contributed by atoms with van der Waals surface area (Å²) in [6.45, 7) is 3.84. The fraction of sp³-hybridized carbons (Fsp3) is 0.286. The van der Waals surface area contributed by atoms with Gasteiger partial charge in [0.05, 0.1) is 13.2 Å². The van der Waals surface area contributed by atoms with Crippen LogP contribution in [0.2, 0.25) is 0 Å². The Hall–Kier alpha value is -1.26. The minimum atomic E-state index is -0.255. The summed E-state index contributed by atoms with van der Waals surface area (Å²) < 4.78 is 11.9. The number of methoxy groups -OCH3 is 1. The molecule has 0 amide bonds. The highest BCUT2D eigenvalue weighted by atomic mass is 79.9. The van der Waals surface area contributed by atoms with Crippen LogP contribution < -0.4 is 10.5 Å². The van der Waals surface area contributed by atoms with E-state index in [4.69, 9.17) is 14.9 Å². The summed E-state index contributed by atoms with van der Waals surface area (Å²) in [5, 5.41) is 0. The summed E-state index contributed by atoms with van der Waals surface area (Å²) in [6, 6.07) is 7.53. The molecule has 1 heterocycles. The maximum Gasteiger partial charge on any atom is 0.124 e. The third-order valence-electron chi connectivity index (χ3n) is 2.94. The van der Waals surface area contributed by atoms with E-state index in [1.165, 1.54) is 0 Å². The van der Waals surface area contributed by atoms with Gasteiger partial charge in [-0.25, -0.2) is 0 Å². The van der Waals surface area contributed by atoms with E-state index in [1.807, 2.05) is 38.1 Å². The molecule has 18 heavy (non-hydrogen) atoms. The second-order valence-electron chi connectivity index (χ2n) is 4.23. The lowest BCUT2D eigenvalue weighted by molar-refractivity contribution is 0.407. The molecule has 1 atom stereocenters. The van der Waals surface area contributed by atoms with E-state index < -0.39 is 0 Å². The number of rotatable bonds is 3. The van der Waals surface area contributed by atoms with Crippen LogP contribution in [0.4, 0.5) is 0 Å². The van der Waals surface area contributed by atoms with Crippen molar-refractivity contribution in [3.05, 3.63) is 51.4 Å². The van der Waals surface area contributed by atoms with E-state index in [9.17, 15) is 0 Å². The van der Waals surface area contributed by atoms with E-state index in [0.29, 0.717) is 0 Å². The van der Waals surface area contributed by atoms with Gasteiger partial charge in [0, 0.05) is 15.6 Å². The van der Waals surface area contributed by atoms with Crippen LogP contribution in [-0.4, -0.2) is 7.11 Å². The molecular weight excluding hydrogens is 294 g/mol. The fourth-order valence-corrected chi connectivity index (χ4v) is 2.45. The van der Waals surface area contributed by atoms with Gasteiger partial charge in [0.15, 0.2) is 0 Å². The van der Waals surface area contributed by atoms with Gasteiger partial charge in [-0.3, -0.25) is 0 Å². The number of hydrogen-bond donors (Lipinski definition) is 1. The first-order chi connectivity index (χ1) is 8.52. The molecule has 0 aliphatic heterocycles. The van der Waals surface area contributed by atoms with Crippen LogP contribution in [0.5, 0.6) is 5.75 Å². The minimum Gasteiger partial charge on any atom is -0.496 e.